The average Bonchev–Trinajstić information content (AvgIpc) is 2.79. The molecule has 1 heterocycles. The predicted octanol–water partition coefficient (Wildman–Crippen LogP) is 5.03. The molecule has 1 N–H and O–H groups in total. The van der Waals surface area contributed by atoms with Crippen LogP contribution in [0.5, 0.6) is 0 Å². The first-order chi connectivity index (χ1) is 15.4. The fourth-order valence-corrected chi connectivity index (χ4v) is 3.73. The molecule has 0 spiro atoms. The van der Waals surface area contributed by atoms with Crippen molar-refractivity contribution in [2.24, 2.45) is 5.10 Å². The van der Waals surface area contributed by atoms with Gasteiger partial charge in [-0.05, 0) is 52.9 Å². The molecule has 4 nitrogen and oxygen atoms in total. The molecule has 0 bridgehead atoms. The molecule has 3 aromatic carbocycles. The number of rotatable bonds is 5. The summed E-state index contributed by atoms with van der Waals surface area (Å²) in [5, 5.41) is 3.78. The zero-order valence-corrected chi connectivity index (χ0v) is 17.3. The van der Waals surface area contributed by atoms with Crippen molar-refractivity contribution in [3.63, 3.8) is 0 Å². The number of benzene rings is 3. The Kier molecular flexibility index (Phi) is 6.37. The summed E-state index contributed by atoms with van der Waals surface area (Å²) >= 11 is 0. The van der Waals surface area contributed by atoms with Crippen LogP contribution in [0.2, 0.25) is 0 Å². The Labute approximate surface area is 184 Å². The molecule has 32 heavy (non-hydrogen) atoms. The van der Waals surface area contributed by atoms with Gasteiger partial charge in [0.15, 0.2) is 0 Å². The van der Waals surface area contributed by atoms with Gasteiger partial charge in [0.2, 0.25) is 0 Å². The Morgan fingerprint density at radius 2 is 1.75 bits per heavy atom. The van der Waals surface area contributed by atoms with Gasteiger partial charge in [-0.1, -0.05) is 48.5 Å². The van der Waals surface area contributed by atoms with Gasteiger partial charge in [-0.3, -0.25) is 9.69 Å². The van der Waals surface area contributed by atoms with Crippen molar-refractivity contribution < 1.29 is 18.0 Å². The van der Waals surface area contributed by atoms with Crippen molar-refractivity contribution in [1.29, 1.82) is 0 Å². The zero-order valence-electron chi connectivity index (χ0n) is 17.3. The van der Waals surface area contributed by atoms with Crippen LogP contribution in [-0.2, 0) is 25.7 Å². The molecular formula is C25H22F3N3O. The van der Waals surface area contributed by atoms with Crippen LogP contribution in [0.25, 0.3) is 0 Å². The van der Waals surface area contributed by atoms with Crippen molar-refractivity contribution >= 4 is 12.1 Å². The Balaban J connectivity index is 1.32. The fourth-order valence-electron chi connectivity index (χ4n) is 3.73. The number of hydrogen-bond acceptors (Lipinski definition) is 3. The first-order valence-corrected chi connectivity index (χ1v) is 10.3. The lowest BCUT2D eigenvalue weighted by Crippen LogP contribution is -2.30. The molecule has 1 aliphatic heterocycles. The summed E-state index contributed by atoms with van der Waals surface area (Å²) < 4.78 is 38.3. The highest BCUT2D eigenvalue weighted by atomic mass is 19.4. The SMILES string of the molecule is O=C(N/N=C/c1cccc(C(F)(F)F)c1)c1ccc(CN2CCc3ccccc3C2)cc1. The Morgan fingerprint density at radius 3 is 2.50 bits per heavy atom. The molecule has 0 aliphatic carbocycles. The van der Waals surface area contributed by atoms with E-state index >= 15 is 0 Å². The second-order valence-electron chi connectivity index (χ2n) is 7.75. The number of carbonyl (C=O) groups excluding carboxylic acids is 1. The molecule has 7 heteroatoms. The molecule has 164 valence electrons. The highest BCUT2D eigenvalue weighted by molar-refractivity contribution is 5.94. The van der Waals surface area contributed by atoms with E-state index in [-0.39, 0.29) is 5.56 Å². The quantitative estimate of drug-likeness (QED) is 0.450. The van der Waals surface area contributed by atoms with Gasteiger partial charge >= 0.3 is 6.18 Å². The maximum atomic E-state index is 12.8. The number of alkyl halides is 3. The van der Waals surface area contributed by atoms with Crippen molar-refractivity contribution in [1.82, 2.24) is 10.3 Å². The second-order valence-corrected chi connectivity index (χ2v) is 7.75. The molecule has 0 atom stereocenters. The van der Waals surface area contributed by atoms with Crippen molar-refractivity contribution in [2.75, 3.05) is 6.54 Å². The van der Waals surface area contributed by atoms with Crippen molar-refractivity contribution in [3.05, 3.63) is 106 Å². The third kappa shape index (κ3) is 5.42. The number of hydrogen-bond donors (Lipinski definition) is 1. The molecule has 1 aliphatic rings. The highest BCUT2D eigenvalue weighted by Crippen LogP contribution is 2.29. The first-order valence-electron chi connectivity index (χ1n) is 10.3. The smallest absolute Gasteiger partial charge is 0.294 e. The van der Waals surface area contributed by atoms with Gasteiger partial charge in [-0.2, -0.15) is 18.3 Å². The number of nitrogens with zero attached hydrogens (tertiary/aromatic N) is 2. The third-order valence-corrected chi connectivity index (χ3v) is 5.43. The minimum absolute atomic E-state index is 0.249. The van der Waals surface area contributed by atoms with E-state index in [2.05, 4.69) is 39.7 Å². The number of nitrogens with one attached hydrogen (secondary N) is 1. The van der Waals surface area contributed by atoms with Gasteiger partial charge in [0.05, 0.1) is 11.8 Å². The lowest BCUT2D eigenvalue weighted by Gasteiger charge is -2.28. The van der Waals surface area contributed by atoms with Crippen molar-refractivity contribution in [3.8, 4) is 0 Å². The van der Waals surface area contributed by atoms with Crippen LogP contribution in [0.3, 0.4) is 0 Å². The Morgan fingerprint density at radius 1 is 1.00 bits per heavy atom. The van der Waals surface area contributed by atoms with Crippen LogP contribution < -0.4 is 5.43 Å². The summed E-state index contributed by atoms with van der Waals surface area (Å²) in [6, 6.07) is 20.5. The molecule has 0 fully saturated rings. The lowest BCUT2D eigenvalue weighted by atomic mass is 9.99. The molecule has 4 rings (SSSR count). The van der Waals surface area contributed by atoms with Crippen LogP contribution in [-0.4, -0.2) is 23.6 Å². The molecule has 0 radical (unpaired) electrons. The van der Waals surface area contributed by atoms with Crippen LogP contribution in [0.4, 0.5) is 13.2 Å². The molecular weight excluding hydrogens is 415 g/mol. The number of carbonyl (C=O) groups is 1. The van der Waals surface area contributed by atoms with Crippen LogP contribution in [0, 0.1) is 0 Å². The van der Waals surface area contributed by atoms with Gasteiger partial charge in [0, 0.05) is 25.2 Å². The fraction of sp³-hybridized carbons (Fsp3) is 0.200. The van der Waals surface area contributed by atoms with E-state index in [1.54, 1.807) is 12.1 Å². The topological polar surface area (TPSA) is 44.7 Å². The van der Waals surface area contributed by atoms with E-state index in [9.17, 15) is 18.0 Å². The van der Waals surface area contributed by atoms with Gasteiger partial charge in [-0.15, -0.1) is 0 Å². The highest BCUT2D eigenvalue weighted by Gasteiger charge is 2.30. The number of hydrazone groups is 1. The second kappa shape index (κ2) is 9.36. The summed E-state index contributed by atoms with van der Waals surface area (Å²) in [5.74, 6) is -0.424. The number of fused-ring (bicyclic) bond motifs is 1. The number of halogens is 3. The standard InChI is InChI=1S/C25H22F3N3O/c26-25(27,28)23-7-3-4-19(14-23)15-29-30-24(32)21-10-8-18(9-11-21)16-31-13-12-20-5-1-2-6-22(20)17-31/h1-11,14-15H,12-13,16-17H2,(H,30,32)/b29-15+. The minimum Gasteiger partial charge on any atom is -0.294 e. The summed E-state index contributed by atoms with van der Waals surface area (Å²) in [5.41, 5.74) is 6.14. The number of amides is 1. The van der Waals surface area contributed by atoms with E-state index in [1.807, 2.05) is 12.1 Å². The maximum Gasteiger partial charge on any atom is 0.416 e. The van der Waals surface area contributed by atoms with E-state index < -0.39 is 17.6 Å². The van der Waals surface area contributed by atoms with E-state index in [4.69, 9.17) is 0 Å². The van der Waals surface area contributed by atoms with Crippen LogP contribution in [0.15, 0.2) is 77.9 Å². The molecule has 1 amide bonds. The summed E-state index contributed by atoms with van der Waals surface area (Å²) in [4.78, 5) is 14.7. The summed E-state index contributed by atoms with van der Waals surface area (Å²) in [7, 11) is 0. The van der Waals surface area contributed by atoms with Crippen LogP contribution in [0.1, 0.15) is 38.2 Å². The zero-order chi connectivity index (χ0) is 22.6. The van der Waals surface area contributed by atoms with Gasteiger partial charge in [0.1, 0.15) is 0 Å². The third-order valence-electron chi connectivity index (χ3n) is 5.43. The maximum absolute atomic E-state index is 12.8. The largest absolute Gasteiger partial charge is 0.416 e. The molecule has 0 aromatic heterocycles. The van der Waals surface area contributed by atoms with Gasteiger partial charge < -0.3 is 0 Å². The van der Waals surface area contributed by atoms with Crippen molar-refractivity contribution in [2.45, 2.75) is 25.7 Å². The Bertz CT molecular complexity index is 1120. The Hall–Kier alpha value is -3.45. The van der Waals surface area contributed by atoms with E-state index in [0.29, 0.717) is 5.56 Å². The summed E-state index contributed by atoms with van der Waals surface area (Å²) in [6.45, 7) is 2.69. The average molecular weight is 437 g/mol. The first kappa shape index (κ1) is 21.8. The predicted molar refractivity (Wildman–Crippen MR) is 117 cm³/mol. The lowest BCUT2D eigenvalue weighted by molar-refractivity contribution is -0.137. The minimum atomic E-state index is -4.42. The molecule has 0 unspecified atom stereocenters. The van der Waals surface area contributed by atoms with Gasteiger partial charge in [-0.25, -0.2) is 5.43 Å². The summed E-state index contributed by atoms with van der Waals surface area (Å²) in [6.07, 6.45) is -2.21. The molecule has 3 aromatic rings. The normalized spacial score (nSPS) is 14.3. The molecule has 0 saturated heterocycles. The van der Waals surface area contributed by atoms with Crippen LogP contribution >= 0.6 is 0 Å². The van der Waals surface area contributed by atoms with E-state index in [1.165, 1.54) is 29.5 Å². The monoisotopic (exact) mass is 437 g/mol. The molecule has 0 saturated carbocycles. The van der Waals surface area contributed by atoms with E-state index in [0.717, 1.165) is 43.8 Å². The van der Waals surface area contributed by atoms with Gasteiger partial charge in [0.25, 0.3) is 5.91 Å².